The Morgan fingerprint density at radius 1 is 1.37 bits per heavy atom. The lowest BCUT2D eigenvalue weighted by Gasteiger charge is -2.13. The van der Waals surface area contributed by atoms with Crippen LogP contribution in [0.2, 0.25) is 0 Å². The Balaban J connectivity index is 2.15. The fourth-order valence-corrected chi connectivity index (χ4v) is 1.59. The maximum atomic E-state index is 11.5. The third kappa shape index (κ3) is 6.08. The molecule has 1 N–H and O–H groups in total. The fraction of sp³-hybridized carbons (Fsp3) is 0.750. The molecule has 0 spiro atoms. The van der Waals surface area contributed by atoms with Crippen molar-refractivity contribution in [3.05, 3.63) is 10.6 Å². The van der Waals surface area contributed by atoms with Gasteiger partial charge in [0.1, 0.15) is 6.54 Å². The normalized spacial score (nSPS) is 10.4. The van der Waals surface area contributed by atoms with E-state index < -0.39 is 5.76 Å². The number of hydrogen-bond acceptors (Lipinski definition) is 6. The molecule has 108 valence electrons. The second kappa shape index (κ2) is 8.34. The Bertz CT molecular complexity index is 427. The highest BCUT2D eigenvalue weighted by Crippen LogP contribution is 2.03. The van der Waals surface area contributed by atoms with Crippen molar-refractivity contribution in [2.75, 3.05) is 25.1 Å². The van der Waals surface area contributed by atoms with Gasteiger partial charge in [-0.2, -0.15) is 0 Å². The van der Waals surface area contributed by atoms with E-state index in [2.05, 4.69) is 21.6 Å². The highest BCUT2D eigenvalue weighted by atomic mass is 16.5. The van der Waals surface area contributed by atoms with Crippen LogP contribution in [-0.2, 0) is 9.53 Å². The molecular weight excluding hydrogens is 250 g/mol. The zero-order valence-corrected chi connectivity index (χ0v) is 11.5. The van der Waals surface area contributed by atoms with Crippen molar-refractivity contribution in [3.63, 3.8) is 0 Å². The molecule has 0 saturated carbocycles. The summed E-state index contributed by atoms with van der Waals surface area (Å²) in [6.45, 7) is 2.62. The van der Waals surface area contributed by atoms with Gasteiger partial charge in [-0.15, -0.1) is 0 Å². The van der Waals surface area contributed by atoms with Crippen LogP contribution in [0.25, 0.3) is 0 Å². The van der Waals surface area contributed by atoms with Crippen LogP contribution in [0.1, 0.15) is 39.0 Å². The maximum absolute atomic E-state index is 11.5. The van der Waals surface area contributed by atoms with E-state index in [0.29, 0.717) is 6.61 Å². The number of unbranched alkanes of at least 4 members (excludes halogenated alkanes) is 4. The molecule has 7 nitrogen and oxygen atoms in total. The van der Waals surface area contributed by atoms with Gasteiger partial charge >= 0.3 is 11.7 Å². The van der Waals surface area contributed by atoms with Gasteiger partial charge in [0, 0.05) is 7.05 Å². The highest BCUT2D eigenvalue weighted by molar-refractivity contribution is 5.74. The number of H-pyrrole nitrogens is 1. The number of hydrogen-bond donors (Lipinski definition) is 1. The zero-order valence-electron chi connectivity index (χ0n) is 11.5. The Kier molecular flexibility index (Phi) is 6.70. The lowest BCUT2D eigenvalue weighted by molar-refractivity contribution is -0.142. The first-order valence-corrected chi connectivity index (χ1v) is 6.56. The predicted molar refractivity (Wildman–Crippen MR) is 70.1 cm³/mol. The number of esters is 1. The van der Waals surface area contributed by atoms with Crippen molar-refractivity contribution in [3.8, 4) is 0 Å². The summed E-state index contributed by atoms with van der Waals surface area (Å²) in [5.41, 5.74) is 0. The summed E-state index contributed by atoms with van der Waals surface area (Å²) >= 11 is 0. The van der Waals surface area contributed by atoms with Crippen LogP contribution in [0, 0.1) is 0 Å². The van der Waals surface area contributed by atoms with Gasteiger partial charge in [0.15, 0.2) is 0 Å². The number of aromatic nitrogens is 2. The standard InChI is InChI=1S/C12H21N3O4/c1-3-4-5-6-7-8-18-10(16)9-15(2)11-13-12(17)19-14-11/h3-9H2,1-2H3,(H,13,14,17). The molecule has 0 unspecified atom stereocenters. The lowest BCUT2D eigenvalue weighted by Crippen LogP contribution is -2.28. The first-order valence-electron chi connectivity index (χ1n) is 6.56. The Morgan fingerprint density at radius 3 is 2.74 bits per heavy atom. The molecule has 0 aliphatic heterocycles. The van der Waals surface area contributed by atoms with E-state index in [9.17, 15) is 9.59 Å². The second-order valence-electron chi connectivity index (χ2n) is 4.41. The summed E-state index contributed by atoms with van der Waals surface area (Å²) in [5.74, 6) is -0.780. The molecule has 0 amide bonds. The van der Waals surface area contributed by atoms with Gasteiger partial charge < -0.3 is 9.64 Å². The van der Waals surface area contributed by atoms with Crippen LogP contribution in [0.5, 0.6) is 0 Å². The van der Waals surface area contributed by atoms with Crippen LogP contribution in [-0.4, -0.2) is 36.3 Å². The van der Waals surface area contributed by atoms with E-state index in [0.717, 1.165) is 12.8 Å². The average Bonchev–Trinajstić information content (AvgIpc) is 2.80. The highest BCUT2D eigenvalue weighted by Gasteiger charge is 2.12. The lowest BCUT2D eigenvalue weighted by atomic mass is 10.2. The predicted octanol–water partition coefficient (Wildman–Crippen LogP) is 1.31. The van der Waals surface area contributed by atoms with Crippen molar-refractivity contribution in [2.24, 2.45) is 0 Å². The summed E-state index contributed by atoms with van der Waals surface area (Å²) in [5, 5.41) is 3.47. The summed E-state index contributed by atoms with van der Waals surface area (Å²) in [6.07, 6.45) is 5.55. The van der Waals surface area contributed by atoms with Crippen LogP contribution in [0.4, 0.5) is 5.95 Å². The van der Waals surface area contributed by atoms with Gasteiger partial charge in [-0.25, -0.2) is 4.79 Å². The van der Waals surface area contributed by atoms with Gasteiger partial charge in [-0.05, 0) is 11.6 Å². The minimum absolute atomic E-state index is 0.0252. The van der Waals surface area contributed by atoms with Gasteiger partial charge in [-0.1, -0.05) is 32.6 Å². The molecule has 19 heavy (non-hydrogen) atoms. The number of ether oxygens (including phenoxy) is 1. The monoisotopic (exact) mass is 271 g/mol. The van der Waals surface area contributed by atoms with Gasteiger partial charge in [0.25, 0.3) is 0 Å². The number of nitrogens with zero attached hydrogens (tertiary/aromatic N) is 2. The molecule has 0 fully saturated rings. The minimum Gasteiger partial charge on any atom is -0.464 e. The Labute approximate surface area is 111 Å². The quantitative estimate of drug-likeness (QED) is 0.538. The van der Waals surface area contributed by atoms with Crippen molar-refractivity contribution in [1.82, 2.24) is 10.1 Å². The number of carbonyl (C=O) groups is 1. The molecule has 7 heteroatoms. The smallest absolute Gasteiger partial charge is 0.440 e. The zero-order chi connectivity index (χ0) is 14.1. The summed E-state index contributed by atoms with van der Waals surface area (Å²) < 4.78 is 9.44. The van der Waals surface area contributed by atoms with Crippen LogP contribution in [0.15, 0.2) is 9.32 Å². The van der Waals surface area contributed by atoms with Crippen LogP contribution >= 0.6 is 0 Å². The first kappa shape index (κ1) is 15.3. The number of nitrogens with one attached hydrogen (secondary N) is 1. The average molecular weight is 271 g/mol. The number of anilines is 1. The van der Waals surface area contributed by atoms with E-state index in [4.69, 9.17) is 4.74 Å². The fourth-order valence-electron chi connectivity index (χ4n) is 1.59. The van der Waals surface area contributed by atoms with E-state index in [1.807, 2.05) is 0 Å². The summed E-state index contributed by atoms with van der Waals surface area (Å²) in [7, 11) is 1.62. The number of likely N-dealkylation sites (N-methyl/N-ethyl adjacent to an activating group) is 1. The molecule has 0 atom stereocenters. The molecule has 0 bridgehead atoms. The van der Waals surface area contributed by atoms with Crippen LogP contribution in [0.3, 0.4) is 0 Å². The third-order valence-corrected chi connectivity index (χ3v) is 2.67. The van der Waals surface area contributed by atoms with Crippen molar-refractivity contribution < 1.29 is 14.1 Å². The molecular formula is C12H21N3O4. The molecule has 0 aliphatic rings. The molecule has 1 rings (SSSR count). The van der Waals surface area contributed by atoms with Gasteiger partial charge in [0.2, 0.25) is 5.95 Å². The first-order chi connectivity index (χ1) is 9.13. The van der Waals surface area contributed by atoms with Crippen molar-refractivity contribution in [2.45, 2.75) is 39.0 Å². The number of aromatic amines is 1. The summed E-state index contributed by atoms with van der Waals surface area (Å²) in [6, 6.07) is 0. The molecule has 0 aromatic carbocycles. The molecule has 0 saturated heterocycles. The Morgan fingerprint density at radius 2 is 2.11 bits per heavy atom. The molecule has 1 aromatic rings. The van der Waals surface area contributed by atoms with Gasteiger partial charge in [0.05, 0.1) is 6.61 Å². The van der Waals surface area contributed by atoms with E-state index in [-0.39, 0.29) is 18.5 Å². The second-order valence-corrected chi connectivity index (χ2v) is 4.41. The largest absolute Gasteiger partial charge is 0.464 e. The number of rotatable bonds is 9. The molecule has 0 radical (unpaired) electrons. The third-order valence-electron chi connectivity index (χ3n) is 2.67. The SMILES string of the molecule is CCCCCCCOC(=O)CN(C)c1noc(=O)[nH]1. The summed E-state index contributed by atoms with van der Waals surface area (Å²) in [4.78, 5) is 26.1. The minimum atomic E-state index is -0.647. The van der Waals surface area contributed by atoms with Crippen LogP contribution < -0.4 is 10.7 Å². The van der Waals surface area contributed by atoms with Gasteiger partial charge in [-0.3, -0.25) is 14.3 Å². The Hall–Kier alpha value is -1.79. The molecule has 1 aromatic heterocycles. The van der Waals surface area contributed by atoms with Crippen molar-refractivity contribution in [1.29, 1.82) is 0 Å². The van der Waals surface area contributed by atoms with E-state index >= 15 is 0 Å². The van der Waals surface area contributed by atoms with Crippen molar-refractivity contribution >= 4 is 11.9 Å². The molecule has 1 heterocycles. The van der Waals surface area contributed by atoms with E-state index in [1.165, 1.54) is 24.2 Å². The maximum Gasteiger partial charge on any atom is 0.440 e. The molecule has 0 aliphatic carbocycles. The van der Waals surface area contributed by atoms with E-state index in [1.54, 1.807) is 7.05 Å². The topological polar surface area (TPSA) is 88.4 Å². The number of carbonyl (C=O) groups excluding carboxylic acids is 1.